The quantitative estimate of drug-likeness (QED) is 0.773. The van der Waals surface area contributed by atoms with Crippen molar-refractivity contribution in [2.24, 2.45) is 0 Å². The Balaban J connectivity index is 2.10. The lowest BCUT2D eigenvalue weighted by Crippen LogP contribution is -2.60. The van der Waals surface area contributed by atoms with Crippen LogP contribution in [0.1, 0.15) is 19.8 Å². The van der Waals surface area contributed by atoms with Crippen molar-refractivity contribution in [1.82, 2.24) is 15.1 Å². The van der Waals surface area contributed by atoms with Gasteiger partial charge in [-0.3, -0.25) is 4.79 Å². The maximum absolute atomic E-state index is 11.7. The molecule has 0 bridgehead atoms. The van der Waals surface area contributed by atoms with Crippen molar-refractivity contribution in [2.45, 2.75) is 31.4 Å². The van der Waals surface area contributed by atoms with Crippen LogP contribution in [0.3, 0.4) is 0 Å². The Morgan fingerprint density at radius 3 is 3.06 bits per heavy atom. The van der Waals surface area contributed by atoms with E-state index in [1.807, 2.05) is 0 Å². The van der Waals surface area contributed by atoms with Gasteiger partial charge in [0.05, 0.1) is 5.54 Å². The molecule has 2 unspecified atom stereocenters. The van der Waals surface area contributed by atoms with Crippen molar-refractivity contribution in [1.29, 1.82) is 0 Å². The van der Waals surface area contributed by atoms with Gasteiger partial charge in [-0.1, -0.05) is 0 Å². The summed E-state index contributed by atoms with van der Waals surface area (Å²) in [6.45, 7) is 3.78. The topological polar surface area (TPSA) is 61.9 Å². The van der Waals surface area contributed by atoms with E-state index in [4.69, 9.17) is 4.74 Å². The molecule has 2 rings (SSSR count). The van der Waals surface area contributed by atoms with Crippen molar-refractivity contribution in [3.05, 3.63) is 0 Å². The van der Waals surface area contributed by atoms with E-state index in [-0.39, 0.29) is 23.6 Å². The van der Waals surface area contributed by atoms with Gasteiger partial charge in [-0.25, -0.2) is 4.79 Å². The molecule has 0 spiro atoms. The zero-order valence-electron chi connectivity index (χ0n) is 11.2. The third-order valence-corrected chi connectivity index (χ3v) is 4.22. The second-order valence-corrected chi connectivity index (χ2v) is 5.19. The van der Waals surface area contributed by atoms with E-state index in [0.717, 1.165) is 25.9 Å². The van der Waals surface area contributed by atoms with E-state index >= 15 is 0 Å². The molecule has 2 saturated heterocycles. The molecule has 1 N–H and O–H groups in total. The predicted octanol–water partition coefficient (Wildman–Crippen LogP) is 0.0375. The maximum atomic E-state index is 11.7. The van der Waals surface area contributed by atoms with Gasteiger partial charge < -0.3 is 19.9 Å². The first kappa shape index (κ1) is 13.1. The van der Waals surface area contributed by atoms with Gasteiger partial charge in [0.25, 0.3) is 0 Å². The van der Waals surface area contributed by atoms with E-state index in [1.54, 1.807) is 30.8 Å². The highest BCUT2D eigenvalue weighted by Gasteiger charge is 2.53. The lowest BCUT2D eigenvalue weighted by atomic mass is 9.83. The molecule has 2 fully saturated rings. The summed E-state index contributed by atoms with van der Waals surface area (Å²) in [7, 11) is 3.56. The Hall–Kier alpha value is -1.30. The number of carbonyl (C=O) groups is 2. The first-order valence-corrected chi connectivity index (χ1v) is 6.34. The number of ether oxygens (including phenoxy) is 1. The largest absolute Gasteiger partial charge is 0.443 e. The van der Waals surface area contributed by atoms with Crippen LogP contribution >= 0.6 is 0 Å². The molecule has 6 nitrogen and oxygen atoms in total. The maximum Gasteiger partial charge on any atom is 0.410 e. The van der Waals surface area contributed by atoms with Gasteiger partial charge in [0.15, 0.2) is 0 Å². The Bertz CT molecular complexity index is 360. The zero-order valence-corrected chi connectivity index (χ0v) is 11.2. The minimum Gasteiger partial charge on any atom is -0.443 e. The number of amides is 2. The molecule has 2 heterocycles. The fraction of sp³-hybridized carbons (Fsp3) is 0.833. The number of hydrogen-bond donors (Lipinski definition) is 1. The number of piperidine rings is 1. The molecule has 0 saturated carbocycles. The fourth-order valence-electron chi connectivity index (χ4n) is 2.74. The molecule has 102 valence electrons. The SMILES string of the molecule is CC(=O)N(C)CCC12CNCCC1OC(=O)N2C. The van der Waals surface area contributed by atoms with E-state index in [0.29, 0.717) is 6.54 Å². The third-order valence-electron chi connectivity index (χ3n) is 4.22. The molecule has 0 aliphatic carbocycles. The zero-order chi connectivity index (χ0) is 13.3. The summed E-state index contributed by atoms with van der Waals surface area (Å²) >= 11 is 0. The number of nitrogens with zero attached hydrogens (tertiary/aromatic N) is 2. The first-order chi connectivity index (χ1) is 8.47. The van der Waals surface area contributed by atoms with Crippen molar-refractivity contribution in [3.63, 3.8) is 0 Å². The molecule has 18 heavy (non-hydrogen) atoms. The second-order valence-electron chi connectivity index (χ2n) is 5.19. The van der Waals surface area contributed by atoms with Gasteiger partial charge in [0.1, 0.15) is 6.10 Å². The summed E-state index contributed by atoms with van der Waals surface area (Å²) in [4.78, 5) is 26.3. The van der Waals surface area contributed by atoms with Crippen LogP contribution in [0.2, 0.25) is 0 Å². The van der Waals surface area contributed by atoms with Gasteiger partial charge >= 0.3 is 6.09 Å². The van der Waals surface area contributed by atoms with Crippen LogP contribution in [0.5, 0.6) is 0 Å². The smallest absolute Gasteiger partial charge is 0.410 e. The summed E-state index contributed by atoms with van der Waals surface area (Å²) in [5, 5.41) is 3.32. The molecular weight excluding hydrogens is 234 g/mol. The van der Waals surface area contributed by atoms with Crippen LogP contribution in [0, 0.1) is 0 Å². The minimum atomic E-state index is -0.307. The lowest BCUT2D eigenvalue weighted by Gasteiger charge is -2.41. The molecule has 0 radical (unpaired) electrons. The summed E-state index contributed by atoms with van der Waals surface area (Å²) < 4.78 is 5.42. The predicted molar refractivity (Wildman–Crippen MR) is 66.2 cm³/mol. The lowest BCUT2D eigenvalue weighted by molar-refractivity contribution is -0.128. The highest BCUT2D eigenvalue weighted by Crippen LogP contribution is 2.35. The monoisotopic (exact) mass is 255 g/mol. The van der Waals surface area contributed by atoms with E-state index in [1.165, 1.54) is 0 Å². The number of rotatable bonds is 3. The minimum absolute atomic E-state index is 0.0413. The number of carbonyl (C=O) groups excluding carboxylic acids is 2. The molecular formula is C12H21N3O3. The summed E-state index contributed by atoms with van der Waals surface area (Å²) in [6, 6.07) is 0. The fourth-order valence-corrected chi connectivity index (χ4v) is 2.74. The molecule has 2 amide bonds. The van der Waals surface area contributed by atoms with Crippen LogP contribution < -0.4 is 5.32 Å². The number of nitrogens with one attached hydrogen (secondary N) is 1. The van der Waals surface area contributed by atoms with Gasteiger partial charge in [-0.05, 0) is 19.4 Å². The molecule has 2 aliphatic heterocycles. The van der Waals surface area contributed by atoms with E-state index in [2.05, 4.69) is 5.32 Å². The van der Waals surface area contributed by atoms with Gasteiger partial charge in [0.2, 0.25) is 5.91 Å². The van der Waals surface area contributed by atoms with Crippen molar-refractivity contribution in [3.8, 4) is 0 Å². The Morgan fingerprint density at radius 1 is 1.67 bits per heavy atom. The summed E-state index contributed by atoms with van der Waals surface area (Å²) in [5.74, 6) is 0.0413. The Morgan fingerprint density at radius 2 is 2.39 bits per heavy atom. The average Bonchev–Trinajstić information content (AvgIpc) is 2.60. The van der Waals surface area contributed by atoms with Crippen molar-refractivity contribution >= 4 is 12.0 Å². The molecule has 0 aromatic heterocycles. The highest BCUT2D eigenvalue weighted by molar-refractivity contribution is 5.73. The summed E-state index contributed by atoms with van der Waals surface area (Å²) in [6.07, 6.45) is 1.26. The van der Waals surface area contributed by atoms with E-state index < -0.39 is 0 Å². The molecule has 6 heteroatoms. The third kappa shape index (κ3) is 2.05. The normalized spacial score (nSPS) is 30.9. The first-order valence-electron chi connectivity index (χ1n) is 6.34. The number of fused-ring (bicyclic) bond motifs is 1. The molecule has 2 atom stereocenters. The van der Waals surface area contributed by atoms with Crippen LogP contribution in [-0.2, 0) is 9.53 Å². The van der Waals surface area contributed by atoms with E-state index in [9.17, 15) is 9.59 Å². The standard InChI is InChI=1S/C12H21N3O3/c1-9(16)14(2)7-5-12-8-13-6-4-10(12)18-11(17)15(12)3/h10,13H,4-8H2,1-3H3. The number of hydrogen-bond acceptors (Lipinski definition) is 4. The number of likely N-dealkylation sites (N-methyl/N-ethyl adjacent to an activating group) is 1. The van der Waals surface area contributed by atoms with Gasteiger partial charge in [-0.15, -0.1) is 0 Å². The Kier molecular flexibility index (Phi) is 3.47. The Labute approximate surface area is 107 Å². The van der Waals surface area contributed by atoms with Crippen molar-refractivity contribution < 1.29 is 14.3 Å². The average molecular weight is 255 g/mol. The molecule has 0 aromatic rings. The van der Waals surface area contributed by atoms with Crippen LogP contribution in [0.15, 0.2) is 0 Å². The molecule has 0 aromatic carbocycles. The second kappa shape index (κ2) is 4.76. The van der Waals surface area contributed by atoms with Crippen LogP contribution in [0.25, 0.3) is 0 Å². The molecule has 2 aliphatic rings. The van der Waals surface area contributed by atoms with Crippen molar-refractivity contribution in [2.75, 3.05) is 33.7 Å². The van der Waals surface area contributed by atoms with Crippen LogP contribution in [0.4, 0.5) is 4.79 Å². The summed E-state index contributed by atoms with van der Waals surface area (Å²) in [5.41, 5.74) is -0.307. The van der Waals surface area contributed by atoms with Gasteiger partial charge in [0, 0.05) is 34.1 Å². The van der Waals surface area contributed by atoms with Gasteiger partial charge in [-0.2, -0.15) is 0 Å². The van der Waals surface area contributed by atoms with Crippen LogP contribution in [-0.4, -0.2) is 67.2 Å². The highest BCUT2D eigenvalue weighted by atomic mass is 16.6.